The van der Waals surface area contributed by atoms with Crippen LogP contribution in [0.3, 0.4) is 0 Å². The quantitative estimate of drug-likeness (QED) is 0.754. The molecule has 1 aliphatic carbocycles. The highest BCUT2D eigenvalue weighted by molar-refractivity contribution is 5.68. The van der Waals surface area contributed by atoms with Gasteiger partial charge >= 0.3 is 0 Å². The molecule has 3 aromatic heterocycles. The van der Waals surface area contributed by atoms with E-state index in [1.54, 1.807) is 18.6 Å². The van der Waals surface area contributed by atoms with Crippen molar-refractivity contribution in [3.05, 3.63) is 46.5 Å². The summed E-state index contributed by atoms with van der Waals surface area (Å²) >= 11 is 0. The number of pyridine rings is 1. The van der Waals surface area contributed by atoms with Gasteiger partial charge in [-0.2, -0.15) is 0 Å². The van der Waals surface area contributed by atoms with Gasteiger partial charge in [-0.25, -0.2) is 9.97 Å². The maximum Gasteiger partial charge on any atom is 0.248 e. The SMILES string of the molecule is CC[C@@H]1c2nncn2-c2c(C)nc(-c3cc[nH]c(=O)c3)nc2N1C1CCCC1. The molecule has 144 valence electrons. The summed E-state index contributed by atoms with van der Waals surface area (Å²) in [4.78, 5) is 26.6. The number of hydrogen-bond acceptors (Lipinski definition) is 6. The predicted molar refractivity (Wildman–Crippen MR) is 106 cm³/mol. The maximum atomic E-state index is 11.8. The average molecular weight is 377 g/mol. The number of nitrogens with one attached hydrogen (secondary N) is 1. The van der Waals surface area contributed by atoms with Crippen molar-refractivity contribution in [3.8, 4) is 17.1 Å². The minimum Gasteiger partial charge on any atom is -0.341 e. The van der Waals surface area contributed by atoms with Crippen molar-refractivity contribution in [3.63, 3.8) is 0 Å². The monoisotopic (exact) mass is 377 g/mol. The van der Waals surface area contributed by atoms with E-state index < -0.39 is 0 Å². The van der Waals surface area contributed by atoms with Crippen molar-refractivity contribution < 1.29 is 0 Å². The van der Waals surface area contributed by atoms with E-state index >= 15 is 0 Å². The first-order valence-corrected chi connectivity index (χ1v) is 9.93. The lowest BCUT2D eigenvalue weighted by atomic mass is 10.0. The molecule has 1 N–H and O–H groups in total. The Morgan fingerprint density at radius 1 is 1.25 bits per heavy atom. The van der Waals surface area contributed by atoms with Crippen LogP contribution in [0.4, 0.5) is 5.82 Å². The highest BCUT2D eigenvalue weighted by Gasteiger charge is 2.39. The van der Waals surface area contributed by atoms with Crippen LogP contribution in [-0.2, 0) is 0 Å². The number of aromatic nitrogens is 6. The molecule has 0 unspecified atom stereocenters. The summed E-state index contributed by atoms with van der Waals surface area (Å²) in [5.41, 5.74) is 2.38. The summed E-state index contributed by atoms with van der Waals surface area (Å²) in [5, 5.41) is 8.61. The van der Waals surface area contributed by atoms with Gasteiger partial charge < -0.3 is 9.88 Å². The third-order valence-electron chi connectivity index (χ3n) is 5.87. The molecule has 4 heterocycles. The summed E-state index contributed by atoms with van der Waals surface area (Å²) in [7, 11) is 0. The highest BCUT2D eigenvalue weighted by atomic mass is 16.1. The van der Waals surface area contributed by atoms with Crippen molar-refractivity contribution >= 4 is 5.82 Å². The second-order valence-corrected chi connectivity index (χ2v) is 7.58. The van der Waals surface area contributed by atoms with Gasteiger partial charge in [-0.3, -0.25) is 9.36 Å². The van der Waals surface area contributed by atoms with Crippen LogP contribution in [0.15, 0.2) is 29.5 Å². The van der Waals surface area contributed by atoms with Gasteiger partial charge in [-0.05, 0) is 32.3 Å². The molecular weight excluding hydrogens is 354 g/mol. The minimum absolute atomic E-state index is 0.138. The molecule has 0 bridgehead atoms. The van der Waals surface area contributed by atoms with Gasteiger partial charge in [0, 0.05) is 23.9 Å². The van der Waals surface area contributed by atoms with Crippen molar-refractivity contribution in [1.82, 2.24) is 29.7 Å². The Labute approximate surface area is 162 Å². The number of H-pyrrole nitrogens is 1. The molecule has 1 atom stereocenters. The van der Waals surface area contributed by atoms with Gasteiger partial charge in [-0.1, -0.05) is 19.8 Å². The molecule has 1 aliphatic heterocycles. The Bertz CT molecular complexity index is 1080. The maximum absolute atomic E-state index is 11.8. The fourth-order valence-corrected chi connectivity index (χ4v) is 4.63. The van der Waals surface area contributed by atoms with Crippen molar-refractivity contribution in [2.45, 2.75) is 58.0 Å². The zero-order valence-electron chi connectivity index (χ0n) is 16.1. The van der Waals surface area contributed by atoms with E-state index in [4.69, 9.17) is 9.97 Å². The Hall–Kier alpha value is -3.03. The molecule has 0 radical (unpaired) electrons. The van der Waals surface area contributed by atoms with E-state index in [0.717, 1.165) is 47.8 Å². The predicted octanol–water partition coefficient (Wildman–Crippen LogP) is 2.93. The van der Waals surface area contributed by atoms with Crippen molar-refractivity contribution in [2.75, 3.05) is 4.90 Å². The molecule has 5 rings (SSSR count). The van der Waals surface area contributed by atoms with Crippen LogP contribution in [0.2, 0.25) is 0 Å². The molecule has 28 heavy (non-hydrogen) atoms. The van der Waals surface area contributed by atoms with Crippen LogP contribution in [0.1, 0.15) is 56.6 Å². The lowest BCUT2D eigenvalue weighted by Gasteiger charge is -2.41. The van der Waals surface area contributed by atoms with E-state index in [1.807, 2.05) is 17.6 Å². The van der Waals surface area contributed by atoms with E-state index in [0.29, 0.717) is 11.9 Å². The van der Waals surface area contributed by atoms with Gasteiger partial charge in [0.05, 0.1) is 11.7 Å². The molecule has 0 aromatic carbocycles. The fourth-order valence-electron chi connectivity index (χ4n) is 4.63. The van der Waals surface area contributed by atoms with E-state index in [1.165, 1.54) is 12.8 Å². The van der Waals surface area contributed by atoms with Gasteiger partial charge in [-0.15, -0.1) is 10.2 Å². The highest BCUT2D eigenvalue weighted by Crippen LogP contribution is 2.43. The lowest BCUT2D eigenvalue weighted by Crippen LogP contribution is -2.42. The molecule has 0 amide bonds. The largest absolute Gasteiger partial charge is 0.341 e. The molecule has 1 fully saturated rings. The van der Waals surface area contributed by atoms with Crippen LogP contribution in [0.25, 0.3) is 17.1 Å². The van der Waals surface area contributed by atoms with Gasteiger partial charge in [0.15, 0.2) is 17.5 Å². The first-order valence-electron chi connectivity index (χ1n) is 9.93. The summed E-state index contributed by atoms with van der Waals surface area (Å²) in [5.74, 6) is 2.46. The van der Waals surface area contributed by atoms with Crippen molar-refractivity contribution in [2.24, 2.45) is 0 Å². The number of fused-ring (bicyclic) bond motifs is 3. The first-order chi connectivity index (χ1) is 13.7. The Morgan fingerprint density at radius 2 is 2.07 bits per heavy atom. The van der Waals surface area contributed by atoms with Crippen LogP contribution in [0, 0.1) is 6.92 Å². The summed E-state index contributed by atoms with van der Waals surface area (Å²) in [6, 6.07) is 3.97. The molecule has 0 saturated heterocycles. The normalized spacial score (nSPS) is 18.9. The number of nitrogens with zero attached hydrogens (tertiary/aromatic N) is 6. The minimum atomic E-state index is -0.156. The van der Waals surface area contributed by atoms with Gasteiger partial charge in [0.25, 0.3) is 0 Å². The zero-order chi connectivity index (χ0) is 19.3. The summed E-state index contributed by atoms with van der Waals surface area (Å²) in [6.45, 7) is 4.17. The first kappa shape index (κ1) is 17.1. The van der Waals surface area contributed by atoms with Gasteiger partial charge in [0.1, 0.15) is 12.0 Å². The third-order valence-corrected chi connectivity index (χ3v) is 5.87. The van der Waals surface area contributed by atoms with Crippen LogP contribution in [0.5, 0.6) is 0 Å². The number of aryl methyl sites for hydroxylation is 1. The second kappa shape index (κ2) is 6.54. The molecule has 0 spiro atoms. The zero-order valence-corrected chi connectivity index (χ0v) is 16.1. The van der Waals surface area contributed by atoms with Gasteiger partial charge in [0.2, 0.25) is 5.56 Å². The Kier molecular flexibility index (Phi) is 3.99. The number of hydrogen-bond donors (Lipinski definition) is 1. The molecule has 3 aromatic rings. The van der Waals surface area contributed by atoms with Crippen LogP contribution < -0.4 is 10.5 Å². The molecular formula is C20H23N7O. The van der Waals surface area contributed by atoms with Crippen LogP contribution in [-0.4, -0.2) is 35.8 Å². The molecule has 2 aliphatic rings. The van der Waals surface area contributed by atoms with Crippen LogP contribution >= 0.6 is 0 Å². The van der Waals surface area contributed by atoms with E-state index in [-0.39, 0.29) is 11.6 Å². The number of rotatable bonds is 3. The Balaban J connectivity index is 1.75. The topological polar surface area (TPSA) is 92.6 Å². The van der Waals surface area contributed by atoms with Crippen molar-refractivity contribution in [1.29, 1.82) is 0 Å². The third kappa shape index (κ3) is 2.55. The lowest BCUT2D eigenvalue weighted by molar-refractivity contribution is 0.468. The Morgan fingerprint density at radius 3 is 2.82 bits per heavy atom. The molecule has 1 saturated carbocycles. The fraction of sp³-hybridized carbons (Fsp3) is 0.450. The smallest absolute Gasteiger partial charge is 0.248 e. The second-order valence-electron chi connectivity index (χ2n) is 7.58. The number of aromatic amines is 1. The van der Waals surface area contributed by atoms with E-state index in [2.05, 4.69) is 27.0 Å². The summed E-state index contributed by atoms with van der Waals surface area (Å²) < 4.78 is 2.03. The number of anilines is 1. The molecule has 8 nitrogen and oxygen atoms in total. The molecule has 8 heteroatoms. The standard InChI is InChI=1S/C20H23N7O/c1-3-15-19-25-22-11-26(19)17-12(2)23-18(13-8-9-21-16(28)10-13)24-20(17)27(15)14-6-4-5-7-14/h8-11,14-15H,3-7H2,1-2H3,(H,21,28)/t15-/m1/s1. The average Bonchev–Trinajstić information content (AvgIpc) is 3.38. The summed E-state index contributed by atoms with van der Waals surface area (Å²) in [6.07, 6.45) is 9.12. The van der Waals surface area contributed by atoms with E-state index in [9.17, 15) is 4.79 Å².